The number of fused-ring (bicyclic) bond motifs is 3. The maximum atomic E-state index is 14.2. The predicted molar refractivity (Wildman–Crippen MR) is 127 cm³/mol. The van der Waals surface area contributed by atoms with Crippen LogP contribution in [0.15, 0.2) is 23.3 Å². The highest BCUT2D eigenvalue weighted by Gasteiger charge is 2.75. The Balaban J connectivity index is 1.84. The third kappa shape index (κ3) is 2.86. The molecule has 0 aliphatic heterocycles. The molecule has 2 bridgehead atoms. The zero-order valence-corrected chi connectivity index (χ0v) is 22.2. The first kappa shape index (κ1) is 24.3. The van der Waals surface area contributed by atoms with Crippen LogP contribution < -0.4 is 0 Å². The van der Waals surface area contributed by atoms with Gasteiger partial charge in [-0.3, -0.25) is 4.79 Å². The van der Waals surface area contributed by atoms with E-state index in [-0.39, 0.29) is 34.7 Å². The largest absolute Gasteiger partial charge is 0.413 e. The molecule has 0 heterocycles. The van der Waals surface area contributed by atoms with Crippen molar-refractivity contribution in [1.82, 2.24) is 0 Å². The molecule has 4 aliphatic carbocycles. The second-order valence-electron chi connectivity index (χ2n) is 13.2. The SMILES string of the molecule is CC1=CC23C(=O)C(C=C(CO[Si](C)(C)C(C)(C)C)[C@@H](O)[C@]2(O)[C@H]1O)[C@H]1[C@@H](C[C@H]3C)C1(C)C. The summed E-state index contributed by atoms with van der Waals surface area (Å²) in [4.78, 5) is 14.2. The Kier molecular flexibility index (Phi) is 5.23. The van der Waals surface area contributed by atoms with Gasteiger partial charge in [-0.25, -0.2) is 0 Å². The summed E-state index contributed by atoms with van der Waals surface area (Å²) >= 11 is 0. The lowest BCUT2D eigenvalue weighted by Crippen LogP contribution is -2.65. The van der Waals surface area contributed by atoms with E-state index in [0.717, 1.165) is 6.42 Å². The summed E-state index contributed by atoms with van der Waals surface area (Å²) in [5.41, 5.74) is -2.13. The standard InChI is InChI=1S/C26H42O5Si/c1-14-12-25-15(2)10-18-19(24(18,6)7)17(22(25)29)11-16(21(28)26(25,30)20(14)27)13-31-32(8,9)23(3,4)5/h11-12,15,17-21,27-28,30H,10,13H2,1-9H3/t15-,17?,18-,19+,20+,21-,25?,26-/m1/s1. The molecule has 2 saturated carbocycles. The molecule has 1 spiro atoms. The minimum Gasteiger partial charge on any atom is -0.413 e. The molecular formula is C26H42O5Si. The van der Waals surface area contributed by atoms with Gasteiger partial charge >= 0.3 is 0 Å². The van der Waals surface area contributed by atoms with Crippen LogP contribution >= 0.6 is 0 Å². The van der Waals surface area contributed by atoms with Crippen LogP contribution in [0.4, 0.5) is 0 Å². The zero-order valence-electron chi connectivity index (χ0n) is 21.2. The van der Waals surface area contributed by atoms with Crippen LogP contribution in [0.1, 0.15) is 54.9 Å². The molecule has 2 unspecified atom stereocenters. The highest BCUT2D eigenvalue weighted by molar-refractivity contribution is 6.74. The normalized spacial score (nSPS) is 45.3. The molecule has 0 aromatic heterocycles. The van der Waals surface area contributed by atoms with E-state index in [1.165, 1.54) is 0 Å². The molecule has 4 aliphatic rings. The van der Waals surface area contributed by atoms with Crippen molar-refractivity contribution in [2.75, 3.05) is 6.61 Å². The summed E-state index contributed by atoms with van der Waals surface area (Å²) in [6.07, 6.45) is 1.82. The summed E-state index contributed by atoms with van der Waals surface area (Å²) in [5.74, 6) is -0.0646. The smallest absolute Gasteiger partial charge is 0.192 e. The van der Waals surface area contributed by atoms with Gasteiger partial charge in [-0.1, -0.05) is 53.7 Å². The Labute approximate surface area is 194 Å². The molecule has 2 fully saturated rings. The van der Waals surface area contributed by atoms with Crippen molar-refractivity contribution in [3.8, 4) is 0 Å². The number of ketones is 1. The highest BCUT2D eigenvalue weighted by atomic mass is 28.4. The lowest BCUT2D eigenvalue weighted by atomic mass is 9.59. The first-order valence-corrected chi connectivity index (χ1v) is 15.0. The minimum absolute atomic E-state index is 0.00628. The van der Waals surface area contributed by atoms with E-state index in [1.807, 2.05) is 13.0 Å². The first-order chi connectivity index (χ1) is 14.4. The molecule has 5 nitrogen and oxygen atoms in total. The van der Waals surface area contributed by atoms with Crippen molar-refractivity contribution in [2.24, 2.45) is 34.5 Å². The van der Waals surface area contributed by atoms with E-state index in [1.54, 1.807) is 13.0 Å². The summed E-state index contributed by atoms with van der Waals surface area (Å²) in [5, 5.41) is 34.9. The van der Waals surface area contributed by atoms with Gasteiger partial charge in [-0.05, 0) is 65.8 Å². The first-order valence-electron chi connectivity index (χ1n) is 12.1. The lowest BCUT2D eigenvalue weighted by molar-refractivity contribution is -0.190. The maximum absolute atomic E-state index is 14.2. The fraction of sp³-hybridized carbons (Fsp3) is 0.808. The van der Waals surface area contributed by atoms with Crippen molar-refractivity contribution < 1.29 is 24.5 Å². The lowest BCUT2D eigenvalue weighted by Gasteiger charge is -2.48. The van der Waals surface area contributed by atoms with Crippen LogP contribution in [-0.4, -0.2) is 53.8 Å². The van der Waals surface area contributed by atoms with Crippen LogP contribution in [-0.2, 0) is 9.22 Å². The highest BCUT2D eigenvalue weighted by Crippen LogP contribution is 2.71. The summed E-state index contributed by atoms with van der Waals surface area (Å²) < 4.78 is 6.44. The van der Waals surface area contributed by atoms with Gasteiger partial charge in [-0.2, -0.15) is 0 Å². The van der Waals surface area contributed by atoms with Crippen LogP contribution in [0.3, 0.4) is 0 Å². The van der Waals surface area contributed by atoms with Crippen molar-refractivity contribution in [3.63, 3.8) is 0 Å². The van der Waals surface area contributed by atoms with E-state index >= 15 is 0 Å². The third-order valence-electron chi connectivity index (χ3n) is 10.2. The topological polar surface area (TPSA) is 87.0 Å². The summed E-state index contributed by atoms with van der Waals surface area (Å²) in [6, 6.07) is 0. The average Bonchev–Trinajstić information content (AvgIpc) is 3.17. The Hall–Kier alpha value is -0.793. The quantitative estimate of drug-likeness (QED) is 0.438. The number of allylic oxidation sites excluding steroid dienone is 1. The molecule has 4 rings (SSSR count). The zero-order chi connectivity index (χ0) is 24.2. The number of Topliss-reactive ketones (excluding diaryl/α,β-unsaturated/α-hetero) is 1. The van der Waals surface area contributed by atoms with Crippen LogP contribution in [0.5, 0.6) is 0 Å². The van der Waals surface area contributed by atoms with Gasteiger partial charge in [0, 0.05) is 5.92 Å². The molecule has 180 valence electrons. The van der Waals surface area contributed by atoms with Gasteiger partial charge < -0.3 is 19.7 Å². The van der Waals surface area contributed by atoms with Crippen molar-refractivity contribution in [3.05, 3.63) is 23.3 Å². The van der Waals surface area contributed by atoms with Gasteiger partial charge in [0.2, 0.25) is 0 Å². The van der Waals surface area contributed by atoms with Gasteiger partial charge in [-0.15, -0.1) is 0 Å². The van der Waals surface area contributed by atoms with E-state index in [4.69, 9.17) is 4.43 Å². The molecule has 32 heavy (non-hydrogen) atoms. The third-order valence-corrected chi connectivity index (χ3v) is 14.6. The molecule has 0 aromatic carbocycles. The van der Waals surface area contributed by atoms with E-state index in [2.05, 4.69) is 47.7 Å². The second-order valence-corrected chi connectivity index (χ2v) is 18.0. The maximum Gasteiger partial charge on any atom is 0.192 e. The number of hydrogen-bond donors (Lipinski definition) is 3. The fourth-order valence-corrected chi connectivity index (χ4v) is 7.86. The number of rotatable bonds is 3. The van der Waals surface area contributed by atoms with E-state index in [9.17, 15) is 20.1 Å². The Morgan fingerprint density at radius 1 is 1.19 bits per heavy atom. The summed E-state index contributed by atoms with van der Waals surface area (Å²) in [7, 11) is -2.13. The van der Waals surface area contributed by atoms with E-state index in [0.29, 0.717) is 17.1 Å². The molecule has 0 amide bonds. The minimum atomic E-state index is -2.13. The molecule has 3 N–H and O–H groups in total. The van der Waals surface area contributed by atoms with Crippen molar-refractivity contribution in [1.29, 1.82) is 0 Å². The van der Waals surface area contributed by atoms with Crippen LogP contribution in [0, 0.1) is 34.5 Å². The molecule has 0 radical (unpaired) electrons. The molecule has 6 heteroatoms. The Morgan fingerprint density at radius 2 is 1.78 bits per heavy atom. The fourth-order valence-electron chi connectivity index (χ4n) is 6.90. The van der Waals surface area contributed by atoms with Crippen molar-refractivity contribution in [2.45, 2.75) is 90.8 Å². The Morgan fingerprint density at radius 3 is 2.34 bits per heavy atom. The second kappa shape index (κ2) is 6.88. The summed E-state index contributed by atoms with van der Waals surface area (Å²) in [6.45, 7) is 19.1. The van der Waals surface area contributed by atoms with Gasteiger partial charge in [0.25, 0.3) is 0 Å². The van der Waals surface area contributed by atoms with Gasteiger partial charge in [0.15, 0.2) is 14.1 Å². The molecule has 8 atom stereocenters. The van der Waals surface area contributed by atoms with E-state index < -0.39 is 37.5 Å². The number of carbonyl (C=O) groups is 1. The van der Waals surface area contributed by atoms with Crippen LogP contribution in [0.2, 0.25) is 18.1 Å². The number of hydrogen-bond acceptors (Lipinski definition) is 5. The Bertz CT molecular complexity index is 896. The van der Waals surface area contributed by atoms with Gasteiger partial charge in [0.05, 0.1) is 12.0 Å². The van der Waals surface area contributed by atoms with Gasteiger partial charge in [0.1, 0.15) is 17.8 Å². The monoisotopic (exact) mass is 462 g/mol. The number of aliphatic hydroxyl groups excluding tert-OH is 2. The van der Waals surface area contributed by atoms with Crippen molar-refractivity contribution >= 4 is 14.1 Å². The molecule has 0 aromatic rings. The number of carbonyl (C=O) groups excluding carboxylic acids is 1. The molecular weight excluding hydrogens is 420 g/mol. The van der Waals surface area contributed by atoms with Crippen LogP contribution in [0.25, 0.3) is 0 Å². The average molecular weight is 463 g/mol. The predicted octanol–water partition coefficient (Wildman–Crippen LogP) is 3.84. The number of aliphatic hydroxyl groups is 3. The molecule has 0 saturated heterocycles.